The molecule has 0 amide bonds. The number of likely N-dealkylation sites (N-methyl/N-ethyl adjacent to an activating group) is 3. The van der Waals surface area contributed by atoms with E-state index in [1.807, 2.05) is 11.8 Å². The summed E-state index contributed by atoms with van der Waals surface area (Å²) in [6.45, 7) is 4.89. The highest BCUT2D eigenvalue weighted by Crippen LogP contribution is 2.47. The van der Waals surface area contributed by atoms with Crippen molar-refractivity contribution in [2.45, 2.75) is 5.85 Å². The number of para-hydroxylation sites is 2. The molecule has 3 aliphatic heterocycles. The Bertz CT molecular complexity index is 1070. The SMILES string of the molecule is CN1CC[N+](C)=C1SCCN(C)c1ccc(/C=C/C23OCCN2c2ccccc2N3C)cc1. The Morgan fingerprint density at radius 1 is 1.09 bits per heavy atom. The highest BCUT2D eigenvalue weighted by atomic mass is 32.2. The molecule has 3 heterocycles. The van der Waals surface area contributed by atoms with Crippen LogP contribution in [0.2, 0.25) is 0 Å². The number of thioether (sulfide) groups is 1. The van der Waals surface area contributed by atoms with Crippen LogP contribution in [-0.4, -0.2) is 87.2 Å². The van der Waals surface area contributed by atoms with Crippen LogP contribution in [0.5, 0.6) is 0 Å². The molecule has 0 bridgehead atoms. The molecule has 1 fully saturated rings. The van der Waals surface area contributed by atoms with Gasteiger partial charge in [0.2, 0.25) is 5.85 Å². The summed E-state index contributed by atoms with van der Waals surface area (Å²) in [6, 6.07) is 17.3. The van der Waals surface area contributed by atoms with E-state index in [1.165, 1.54) is 27.8 Å². The zero-order chi connectivity index (χ0) is 23.0. The minimum absolute atomic E-state index is 0.533. The van der Waals surface area contributed by atoms with Crippen molar-refractivity contribution in [3.8, 4) is 0 Å². The number of rotatable bonds is 6. The third kappa shape index (κ3) is 3.97. The summed E-state index contributed by atoms with van der Waals surface area (Å²) in [5, 5.41) is 1.38. The summed E-state index contributed by atoms with van der Waals surface area (Å²) >= 11 is 1.94. The fraction of sp³-hybridized carbons (Fsp3) is 0.423. The Labute approximate surface area is 201 Å². The standard InChI is InChI=1S/C26H34N5OS/c1-27(18-20-33-25-28(2)15-16-29(25)3)22-11-9-21(10-12-22)13-14-26-30(4)23-7-5-6-8-24(23)31(26)17-19-32-26/h5-14H,15-20H2,1-4H3/q+1/b14-13+. The van der Waals surface area contributed by atoms with Gasteiger partial charge in [0.25, 0.3) is 0 Å². The monoisotopic (exact) mass is 464 g/mol. The number of hydrogen-bond donors (Lipinski definition) is 0. The summed E-state index contributed by atoms with van der Waals surface area (Å²) in [5.41, 5.74) is 4.88. The zero-order valence-electron chi connectivity index (χ0n) is 20.1. The lowest BCUT2D eigenvalue weighted by atomic mass is 10.1. The largest absolute Gasteiger partial charge is 0.374 e. The summed E-state index contributed by atoms with van der Waals surface area (Å²) in [5.74, 6) is 0.541. The first-order valence-corrected chi connectivity index (χ1v) is 12.6. The summed E-state index contributed by atoms with van der Waals surface area (Å²) in [6.07, 6.45) is 4.38. The van der Waals surface area contributed by atoms with Gasteiger partial charge in [0.15, 0.2) is 0 Å². The number of amidine groups is 1. The van der Waals surface area contributed by atoms with Crippen LogP contribution in [0, 0.1) is 0 Å². The maximum absolute atomic E-state index is 6.29. The van der Waals surface area contributed by atoms with Crippen molar-refractivity contribution in [1.29, 1.82) is 0 Å². The molecule has 0 radical (unpaired) electrons. The summed E-state index contributed by atoms with van der Waals surface area (Å²) in [7, 11) is 8.65. The Balaban J connectivity index is 1.23. The molecule has 0 aromatic heterocycles. The van der Waals surface area contributed by atoms with Gasteiger partial charge in [-0.25, -0.2) is 0 Å². The molecule has 33 heavy (non-hydrogen) atoms. The van der Waals surface area contributed by atoms with E-state index in [0.717, 1.165) is 38.5 Å². The first-order chi connectivity index (χ1) is 16.0. The molecule has 1 saturated heterocycles. The van der Waals surface area contributed by atoms with Crippen LogP contribution in [0.15, 0.2) is 54.6 Å². The van der Waals surface area contributed by atoms with Crippen LogP contribution in [0.25, 0.3) is 6.08 Å². The van der Waals surface area contributed by atoms with Gasteiger partial charge in [0.05, 0.1) is 32.1 Å². The molecule has 3 aliphatic rings. The van der Waals surface area contributed by atoms with Crippen molar-refractivity contribution >= 4 is 40.1 Å². The molecular formula is C26H34N5OS+. The molecule has 2 aromatic carbocycles. The molecule has 0 saturated carbocycles. The Kier molecular flexibility index (Phi) is 6.01. The summed E-state index contributed by atoms with van der Waals surface area (Å²) in [4.78, 5) is 9.28. The maximum Gasteiger partial charge on any atom is 0.308 e. The van der Waals surface area contributed by atoms with Crippen LogP contribution in [0.3, 0.4) is 0 Å². The average molecular weight is 465 g/mol. The quantitative estimate of drug-likeness (QED) is 0.608. The van der Waals surface area contributed by atoms with Crippen molar-refractivity contribution in [2.24, 2.45) is 0 Å². The van der Waals surface area contributed by atoms with Gasteiger partial charge in [-0.1, -0.05) is 30.3 Å². The Morgan fingerprint density at radius 2 is 1.85 bits per heavy atom. The number of fused-ring (bicyclic) bond motifs is 3. The van der Waals surface area contributed by atoms with Crippen LogP contribution < -0.4 is 14.7 Å². The number of nitrogens with zero attached hydrogens (tertiary/aromatic N) is 5. The lowest BCUT2D eigenvalue weighted by Gasteiger charge is -2.35. The second-order valence-corrected chi connectivity index (χ2v) is 10.1. The van der Waals surface area contributed by atoms with Gasteiger partial charge >= 0.3 is 5.17 Å². The van der Waals surface area contributed by atoms with Crippen molar-refractivity contribution in [1.82, 2.24) is 4.90 Å². The van der Waals surface area contributed by atoms with Crippen LogP contribution >= 0.6 is 11.8 Å². The molecule has 0 aliphatic carbocycles. The van der Waals surface area contributed by atoms with Gasteiger partial charge in [-0.3, -0.25) is 9.48 Å². The zero-order valence-corrected chi connectivity index (χ0v) is 20.9. The van der Waals surface area contributed by atoms with E-state index in [4.69, 9.17) is 4.74 Å². The van der Waals surface area contributed by atoms with Gasteiger partial charge in [-0.05, 0) is 47.7 Å². The topological polar surface area (TPSA) is 25.2 Å². The molecule has 0 spiro atoms. The van der Waals surface area contributed by atoms with E-state index in [1.54, 1.807) is 0 Å². The Morgan fingerprint density at radius 3 is 2.58 bits per heavy atom. The van der Waals surface area contributed by atoms with E-state index < -0.39 is 5.85 Å². The maximum atomic E-state index is 6.29. The highest BCUT2D eigenvalue weighted by Gasteiger charge is 2.50. The summed E-state index contributed by atoms with van der Waals surface area (Å²) < 4.78 is 8.64. The molecular weight excluding hydrogens is 430 g/mol. The van der Waals surface area contributed by atoms with Crippen LogP contribution in [0.1, 0.15) is 5.56 Å². The molecule has 1 unspecified atom stereocenters. The van der Waals surface area contributed by atoms with Crippen molar-refractivity contribution in [3.05, 3.63) is 60.2 Å². The van der Waals surface area contributed by atoms with Gasteiger partial charge in [-0.15, -0.1) is 0 Å². The molecule has 174 valence electrons. The molecule has 6 nitrogen and oxygen atoms in total. The lowest BCUT2D eigenvalue weighted by molar-refractivity contribution is -0.483. The number of ether oxygens (including phenoxy) is 1. The third-order valence-corrected chi connectivity index (χ3v) is 8.21. The molecule has 5 rings (SSSR count). The fourth-order valence-corrected chi connectivity index (χ4v) is 6.12. The predicted octanol–water partition coefficient (Wildman–Crippen LogP) is 3.45. The van der Waals surface area contributed by atoms with Gasteiger partial charge in [-0.2, -0.15) is 0 Å². The van der Waals surface area contributed by atoms with Gasteiger partial charge in [0.1, 0.15) is 13.1 Å². The molecule has 2 aromatic rings. The molecule has 7 heteroatoms. The van der Waals surface area contributed by atoms with E-state index in [9.17, 15) is 0 Å². The number of hydrogen-bond acceptors (Lipinski definition) is 6. The predicted molar refractivity (Wildman–Crippen MR) is 141 cm³/mol. The van der Waals surface area contributed by atoms with E-state index >= 15 is 0 Å². The first-order valence-electron chi connectivity index (χ1n) is 11.7. The second-order valence-electron chi connectivity index (χ2n) is 9.03. The fourth-order valence-electron chi connectivity index (χ4n) is 4.95. The number of benzene rings is 2. The minimum Gasteiger partial charge on any atom is -0.374 e. The van der Waals surface area contributed by atoms with Crippen LogP contribution in [-0.2, 0) is 4.74 Å². The van der Waals surface area contributed by atoms with E-state index in [0.29, 0.717) is 0 Å². The smallest absolute Gasteiger partial charge is 0.308 e. The third-order valence-electron chi connectivity index (χ3n) is 6.94. The Hall–Kier alpha value is -2.64. The van der Waals surface area contributed by atoms with Crippen LogP contribution in [0.4, 0.5) is 17.1 Å². The van der Waals surface area contributed by atoms with Crippen molar-refractivity contribution in [2.75, 3.05) is 81.4 Å². The normalized spacial score (nSPS) is 22.0. The minimum atomic E-state index is -0.533. The van der Waals surface area contributed by atoms with E-state index in [2.05, 4.69) is 113 Å². The first kappa shape index (κ1) is 22.2. The number of anilines is 3. The second kappa shape index (κ2) is 8.95. The lowest BCUT2D eigenvalue weighted by Crippen LogP contribution is -2.51. The molecule has 1 atom stereocenters. The van der Waals surface area contributed by atoms with Crippen molar-refractivity contribution in [3.63, 3.8) is 0 Å². The molecule has 0 N–H and O–H groups in total. The van der Waals surface area contributed by atoms with Crippen molar-refractivity contribution < 1.29 is 9.31 Å². The highest BCUT2D eigenvalue weighted by molar-refractivity contribution is 8.13. The van der Waals surface area contributed by atoms with Gasteiger partial charge < -0.3 is 19.4 Å². The van der Waals surface area contributed by atoms with Gasteiger partial charge in [0, 0.05) is 38.6 Å². The van der Waals surface area contributed by atoms with E-state index in [-0.39, 0.29) is 0 Å². The average Bonchev–Trinajstić information content (AvgIpc) is 3.47.